The van der Waals surface area contributed by atoms with Crippen molar-refractivity contribution in [3.05, 3.63) is 35.9 Å². The van der Waals surface area contributed by atoms with Crippen LogP contribution < -0.4 is 10.1 Å². The predicted molar refractivity (Wildman–Crippen MR) is 75.9 cm³/mol. The molecule has 1 unspecified atom stereocenters. The molecular weight excluding hydrogens is 285 g/mol. The van der Waals surface area contributed by atoms with Crippen molar-refractivity contribution in [1.29, 1.82) is 0 Å². The van der Waals surface area contributed by atoms with Crippen LogP contribution in [-0.2, 0) is 5.60 Å². The van der Waals surface area contributed by atoms with Gasteiger partial charge in [0.15, 0.2) is 0 Å². The van der Waals surface area contributed by atoms with Crippen molar-refractivity contribution < 1.29 is 23.0 Å². The van der Waals surface area contributed by atoms with Gasteiger partial charge in [0, 0.05) is 24.4 Å². The number of hydrogen-bond acceptors (Lipinski definition) is 3. The van der Waals surface area contributed by atoms with Gasteiger partial charge in [0.1, 0.15) is 5.75 Å². The first-order valence-corrected chi connectivity index (χ1v) is 6.00. The van der Waals surface area contributed by atoms with E-state index in [2.05, 4.69) is 16.9 Å². The summed E-state index contributed by atoms with van der Waals surface area (Å²) < 4.78 is 44.4. The van der Waals surface area contributed by atoms with E-state index in [1.165, 1.54) is 25.6 Å². The van der Waals surface area contributed by atoms with Crippen molar-refractivity contribution in [2.75, 3.05) is 19.5 Å². The summed E-state index contributed by atoms with van der Waals surface area (Å²) in [6.07, 6.45) is -3.07. The van der Waals surface area contributed by atoms with Crippen LogP contribution in [0.2, 0.25) is 0 Å². The number of methoxy groups -OCH3 is 1. The molecule has 0 aromatic heterocycles. The molecule has 7 heteroatoms. The van der Waals surface area contributed by atoms with Crippen molar-refractivity contribution in [2.24, 2.45) is 4.99 Å². The van der Waals surface area contributed by atoms with Crippen LogP contribution in [0, 0.1) is 6.92 Å². The zero-order valence-corrected chi connectivity index (χ0v) is 12.0. The van der Waals surface area contributed by atoms with Gasteiger partial charge < -0.3 is 15.2 Å². The first kappa shape index (κ1) is 17.0. The second-order valence-corrected chi connectivity index (χ2v) is 4.37. The number of hydrogen-bond donors (Lipinski definition) is 2. The summed E-state index contributed by atoms with van der Waals surface area (Å²) in [6.45, 7) is 4.70. The Hall–Kier alpha value is -2.02. The molecule has 21 heavy (non-hydrogen) atoms. The Kier molecular flexibility index (Phi) is 5.01. The van der Waals surface area contributed by atoms with E-state index in [0.717, 1.165) is 0 Å². The van der Waals surface area contributed by atoms with Crippen LogP contribution in [0.4, 0.5) is 18.9 Å². The third-order valence-electron chi connectivity index (χ3n) is 3.03. The molecule has 116 valence electrons. The van der Waals surface area contributed by atoms with Gasteiger partial charge in [0.2, 0.25) is 5.60 Å². The third kappa shape index (κ3) is 3.18. The lowest BCUT2D eigenvalue weighted by molar-refractivity contribution is -0.245. The van der Waals surface area contributed by atoms with Gasteiger partial charge in [0.25, 0.3) is 0 Å². The van der Waals surface area contributed by atoms with Crippen molar-refractivity contribution in [3.8, 4) is 5.75 Å². The van der Waals surface area contributed by atoms with E-state index in [1.54, 1.807) is 14.0 Å². The van der Waals surface area contributed by atoms with Gasteiger partial charge in [-0.3, -0.25) is 4.99 Å². The van der Waals surface area contributed by atoms with E-state index in [1.807, 2.05) is 0 Å². The summed E-state index contributed by atoms with van der Waals surface area (Å²) in [5.74, 6) is -0.104. The van der Waals surface area contributed by atoms with Crippen LogP contribution in [0.3, 0.4) is 0 Å². The van der Waals surface area contributed by atoms with E-state index in [0.29, 0.717) is 17.3 Å². The smallest absolute Gasteiger partial charge is 0.425 e. The second kappa shape index (κ2) is 6.17. The zero-order valence-electron chi connectivity index (χ0n) is 12.0. The monoisotopic (exact) mass is 302 g/mol. The fourth-order valence-electron chi connectivity index (χ4n) is 1.82. The van der Waals surface area contributed by atoms with Crippen LogP contribution in [0.1, 0.15) is 11.1 Å². The van der Waals surface area contributed by atoms with Gasteiger partial charge in [-0.1, -0.05) is 6.58 Å². The first-order valence-electron chi connectivity index (χ1n) is 6.00. The minimum atomic E-state index is -4.91. The minimum Gasteiger partial charge on any atom is -0.496 e. The minimum absolute atomic E-state index is 0.104. The van der Waals surface area contributed by atoms with Crippen molar-refractivity contribution in [3.63, 3.8) is 0 Å². The Balaban J connectivity index is 3.50. The van der Waals surface area contributed by atoms with Gasteiger partial charge >= 0.3 is 6.18 Å². The first-order chi connectivity index (χ1) is 9.71. The van der Waals surface area contributed by atoms with Crippen molar-refractivity contribution in [1.82, 2.24) is 0 Å². The molecule has 0 saturated heterocycles. The van der Waals surface area contributed by atoms with Gasteiger partial charge in [-0.25, -0.2) is 0 Å². The number of anilines is 1. The number of benzene rings is 1. The van der Waals surface area contributed by atoms with Gasteiger partial charge in [0.05, 0.1) is 13.4 Å². The number of aliphatic hydroxyl groups is 1. The van der Waals surface area contributed by atoms with Crippen molar-refractivity contribution >= 4 is 12.0 Å². The number of ether oxygens (including phenoxy) is 1. The molecule has 1 rings (SSSR count). The lowest BCUT2D eigenvalue weighted by Gasteiger charge is -2.29. The number of rotatable bonds is 5. The lowest BCUT2D eigenvalue weighted by Crippen LogP contribution is -2.40. The highest BCUT2D eigenvalue weighted by atomic mass is 19.4. The summed E-state index contributed by atoms with van der Waals surface area (Å²) in [4.78, 5) is 3.73. The van der Waals surface area contributed by atoms with Crippen LogP contribution in [0.5, 0.6) is 5.75 Å². The number of nitrogens with one attached hydrogen (secondary N) is 1. The average molecular weight is 302 g/mol. The molecule has 0 heterocycles. The molecule has 0 saturated carbocycles. The Bertz CT molecular complexity index is 556. The third-order valence-corrected chi connectivity index (χ3v) is 3.03. The molecule has 0 fully saturated rings. The number of aliphatic imine (C=N–C) groups is 1. The zero-order chi connectivity index (χ0) is 16.3. The Labute approximate surface area is 121 Å². The summed E-state index contributed by atoms with van der Waals surface area (Å²) in [7, 11) is 2.78. The molecule has 1 aromatic rings. The summed E-state index contributed by atoms with van der Waals surface area (Å²) in [5, 5.41) is 12.8. The number of nitrogens with zero attached hydrogens (tertiary/aromatic N) is 1. The fraction of sp³-hybridized carbons (Fsp3) is 0.357. The Morgan fingerprint density at radius 2 is 2.00 bits per heavy atom. The molecule has 1 aromatic carbocycles. The van der Waals surface area contributed by atoms with Gasteiger partial charge in [-0.2, -0.15) is 13.2 Å². The van der Waals surface area contributed by atoms with Crippen LogP contribution in [0.25, 0.3) is 0 Å². The van der Waals surface area contributed by atoms with E-state index in [9.17, 15) is 18.3 Å². The summed E-state index contributed by atoms with van der Waals surface area (Å²) in [5.41, 5.74) is -2.57. The normalized spacial score (nSPS) is 14.8. The van der Waals surface area contributed by atoms with E-state index in [-0.39, 0.29) is 5.75 Å². The van der Waals surface area contributed by atoms with Crippen molar-refractivity contribution in [2.45, 2.75) is 18.7 Å². The molecular formula is C14H17F3N2O2. The quantitative estimate of drug-likeness (QED) is 0.499. The molecule has 4 nitrogen and oxygen atoms in total. The second-order valence-electron chi connectivity index (χ2n) is 4.37. The van der Waals surface area contributed by atoms with Gasteiger partial charge in [-0.05, 0) is 24.6 Å². The van der Waals surface area contributed by atoms with Crippen LogP contribution in [0.15, 0.2) is 29.8 Å². The SMILES string of the molecule is C=CC(O)(c1cc(C)c(NC=NC)cc1OC)C(F)(F)F. The topological polar surface area (TPSA) is 53.8 Å². The number of halogens is 3. The molecule has 2 N–H and O–H groups in total. The van der Waals surface area contributed by atoms with Crippen LogP contribution in [-0.4, -0.2) is 31.8 Å². The predicted octanol–water partition coefficient (Wildman–Crippen LogP) is 3.01. The lowest BCUT2D eigenvalue weighted by atomic mass is 9.90. The highest BCUT2D eigenvalue weighted by molar-refractivity contribution is 5.78. The van der Waals surface area contributed by atoms with E-state index in [4.69, 9.17) is 4.74 Å². The van der Waals surface area contributed by atoms with E-state index >= 15 is 0 Å². The maximum atomic E-state index is 13.1. The highest BCUT2D eigenvalue weighted by Gasteiger charge is 2.54. The van der Waals surface area contributed by atoms with Crippen LogP contribution >= 0.6 is 0 Å². The molecule has 0 aliphatic carbocycles. The average Bonchev–Trinajstić information content (AvgIpc) is 2.43. The maximum absolute atomic E-state index is 13.1. The largest absolute Gasteiger partial charge is 0.496 e. The van der Waals surface area contributed by atoms with Gasteiger partial charge in [-0.15, -0.1) is 0 Å². The number of aryl methyl sites for hydroxylation is 1. The standard InChI is InChI=1S/C14H17F3N2O2/c1-5-13(20,14(15,16)17)10-6-9(2)11(19-8-18-3)7-12(10)21-4/h5-8,20H,1H2,2-4H3,(H,18,19). The van der Waals surface area contributed by atoms with E-state index < -0.39 is 17.3 Å². The molecule has 0 aliphatic heterocycles. The number of alkyl halides is 3. The molecule has 0 aliphatic rings. The summed E-state index contributed by atoms with van der Waals surface area (Å²) in [6, 6.07) is 2.58. The molecule has 0 radical (unpaired) electrons. The molecule has 0 bridgehead atoms. The highest BCUT2D eigenvalue weighted by Crippen LogP contribution is 2.44. The maximum Gasteiger partial charge on any atom is 0.425 e. The molecule has 0 amide bonds. The summed E-state index contributed by atoms with van der Waals surface area (Å²) >= 11 is 0. The molecule has 0 spiro atoms. The fourth-order valence-corrected chi connectivity index (χ4v) is 1.82. The Morgan fingerprint density at radius 1 is 1.38 bits per heavy atom. The Morgan fingerprint density at radius 3 is 2.43 bits per heavy atom. The molecule has 1 atom stereocenters.